The Balaban J connectivity index is 1.46. The summed E-state index contributed by atoms with van der Waals surface area (Å²) in [6, 6.07) is 12.0. The molecule has 7 nitrogen and oxygen atoms in total. The van der Waals surface area contributed by atoms with Gasteiger partial charge in [0.05, 0.1) is 15.1 Å². The number of sulfonamides is 1. The molecule has 2 aromatic carbocycles. The van der Waals surface area contributed by atoms with Gasteiger partial charge in [-0.1, -0.05) is 41.1 Å². The maximum Gasteiger partial charge on any atom is 0.308 e. The van der Waals surface area contributed by atoms with E-state index in [1.807, 2.05) is 32.0 Å². The predicted molar refractivity (Wildman–Crippen MR) is 132 cm³/mol. The van der Waals surface area contributed by atoms with Crippen molar-refractivity contribution in [2.75, 3.05) is 26.2 Å². The number of benzene rings is 2. The van der Waals surface area contributed by atoms with Crippen LogP contribution in [-0.2, 0) is 14.8 Å². The fourth-order valence-corrected chi connectivity index (χ4v) is 6.62. The van der Waals surface area contributed by atoms with Gasteiger partial charge < -0.3 is 4.90 Å². The van der Waals surface area contributed by atoms with E-state index < -0.39 is 10.0 Å². The second-order valence-corrected chi connectivity index (χ2v) is 11.4. The minimum Gasteiger partial charge on any atom is -0.337 e. The van der Waals surface area contributed by atoms with Crippen LogP contribution in [0.2, 0.25) is 5.02 Å². The third-order valence-corrected chi connectivity index (χ3v) is 8.76. The first-order chi connectivity index (χ1) is 15.7. The summed E-state index contributed by atoms with van der Waals surface area (Å²) in [7, 11) is -3.73. The highest BCUT2D eigenvalue weighted by Crippen LogP contribution is 2.26. The van der Waals surface area contributed by atoms with Gasteiger partial charge in [-0.25, -0.2) is 8.42 Å². The minimum absolute atomic E-state index is 0.00807. The smallest absolute Gasteiger partial charge is 0.308 e. The van der Waals surface area contributed by atoms with Crippen molar-refractivity contribution in [3.8, 4) is 0 Å². The zero-order valence-corrected chi connectivity index (χ0v) is 20.7. The SMILES string of the molecule is CC(C)n1c(=O)sc2cc(S(=O)(=O)N3CCN(C(=O)/C=C/c4ccccc4Cl)CC3)ccc21. The summed E-state index contributed by atoms with van der Waals surface area (Å²) in [6.07, 6.45) is 3.12. The average Bonchev–Trinajstić information content (AvgIpc) is 3.13. The van der Waals surface area contributed by atoms with E-state index in [0.717, 1.165) is 22.4 Å². The van der Waals surface area contributed by atoms with Crippen molar-refractivity contribution >= 4 is 55.2 Å². The van der Waals surface area contributed by atoms with Crippen molar-refractivity contribution in [3.63, 3.8) is 0 Å². The van der Waals surface area contributed by atoms with Gasteiger partial charge in [-0.3, -0.25) is 14.2 Å². The second kappa shape index (κ2) is 9.42. The van der Waals surface area contributed by atoms with Crippen LogP contribution >= 0.6 is 22.9 Å². The van der Waals surface area contributed by atoms with Crippen LogP contribution in [0.5, 0.6) is 0 Å². The number of piperazine rings is 1. The Hall–Kier alpha value is -2.46. The number of thiazole rings is 1. The van der Waals surface area contributed by atoms with Crippen molar-refractivity contribution in [2.24, 2.45) is 0 Å². The quantitative estimate of drug-likeness (QED) is 0.493. The monoisotopic (exact) mass is 505 g/mol. The Bertz CT molecular complexity index is 1380. The predicted octanol–water partition coefficient (Wildman–Crippen LogP) is 3.84. The molecule has 0 bridgehead atoms. The Kier molecular flexibility index (Phi) is 6.76. The first kappa shape index (κ1) is 23.7. The maximum absolute atomic E-state index is 13.2. The molecule has 0 radical (unpaired) electrons. The molecule has 3 aromatic rings. The van der Waals surface area contributed by atoms with E-state index in [2.05, 4.69) is 0 Å². The van der Waals surface area contributed by atoms with E-state index in [0.29, 0.717) is 22.8 Å². The van der Waals surface area contributed by atoms with Crippen LogP contribution in [0, 0.1) is 0 Å². The zero-order chi connectivity index (χ0) is 23.8. The molecule has 1 aliphatic heterocycles. The highest BCUT2D eigenvalue weighted by Gasteiger charge is 2.30. The molecule has 1 amide bonds. The molecular formula is C23H24ClN3O4S2. The van der Waals surface area contributed by atoms with Crippen LogP contribution in [0.4, 0.5) is 0 Å². The maximum atomic E-state index is 13.2. The molecule has 1 aliphatic rings. The number of hydrogen-bond donors (Lipinski definition) is 0. The Morgan fingerprint density at radius 3 is 2.45 bits per heavy atom. The summed E-state index contributed by atoms with van der Waals surface area (Å²) in [6.45, 7) is 4.84. The second-order valence-electron chi connectivity index (χ2n) is 8.05. The number of carbonyl (C=O) groups excluding carboxylic acids is 1. The van der Waals surface area contributed by atoms with Crippen LogP contribution < -0.4 is 4.87 Å². The molecule has 0 unspecified atom stereocenters. The van der Waals surface area contributed by atoms with Crippen LogP contribution in [-0.4, -0.2) is 54.3 Å². The summed E-state index contributed by atoms with van der Waals surface area (Å²) < 4.78 is 30.1. The van der Waals surface area contributed by atoms with Crippen LogP contribution in [0.1, 0.15) is 25.5 Å². The van der Waals surface area contributed by atoms with Gasteiger partial charge in [-0.15, -0.1) is 0 Å². The van der Waals surface area contributed by atoms with E-state index in [4.69, 9.17) is 11.6 Å². The molecule has 0 saturated carbocycles. The number of aromatic nitrogens is 1. The first-order valence-electron chi connectivity index (χ1n) is 10.6. The molecule has 1 saturated heterocycles. The number of carbonyl (C=O) groups is 1. The first-order valence-corrected chi connectivity index (χ1v) is 13.2. The Morgan fingerprint density at radius 2 is 1.79 bits per heavy atom. The Morgan fingerprint density at radius 1 is 1.09 bits per heavy atom. The third kappa shape index (κ3) is 4.77. The summed E-state index contributed by atoms with van der Waals surface area (Å²) in [5.41, 5.74) is 1.48. The molecular weight excluding hydrogens is 482 g/mol. The number of rotatable bonds is 5. The average molecular weight is 506 g/mol. The van der Waals surface area contributed by atoms with Gasteiger partial charge in [-0.05, 0) is 49.8 Å². The van der Waals surface area contributed by atoms with E-state index in [1.54, 1.807) is 39.8 Å². The lowest BCUT2D eigenvalue weighted by Gasteiger charge is -2.33. The van der Waals surface area contributed by atoms with E-state index in [9.17, 15) is 18.0 Å². The normalized spacial score (nSPS) is 15.7. The molecule has 33 heavy (non-hydrogen) atoms. The number of nitrogens with zero attached hydrogens (tertiary/aromatic N) is 3. The number of hydrogen-bond acceptors (Lipinski definition) is 5. The molecule has 0 atom stereocenters. The Labute approximate surface area is 201 Å². The van der Waals surface area contributed by atoms with Crippen LogP contribution in [0.3, 0.4) is 0 Å². The standard InChI is InChI=1S/C23H24ClN3O4S2/c1-16(2)27-20-9-8-18(15-21(20)32-23(27)29)33(30,31)26-13-11-25(12-14-26)22(28)10-7-17-5-3-4-6-19(17)24/h3-10,15-16H,11-14H2,1-2H3/b10-7+. The van der Waals surface area contributed by atoms with Crippen molar-refractivity contribution in [3.05, 3.63) is 68.8 Å². The molecule has 10 heteroatoms. The van der Waals surface area contributed by atoms with Gasteiger partial charge in [0.2, 0.25) is 15.9 Å². The largest absolute Gasteiger partial charge is 0.337 e. The van der Waals surface area contributed by atoms with Crippen molar-refractivity contribution in [2.45, 2.75) is 24.8 Å². The van der Waals surface area contributed by atoms with Crippen LogP contribution in [0.25, 0.3) is 16.3 Å². The highest BCUT2D eigenvalue weighted by molar-refractivity contribution is 7.89. The molecule has 1 fully saturated rings. The van der Waals surface area contributed by atoms with Gasteiger partial charge in [0.15, 0.2) is 0 Å². The lowest BCUT2D eigenvalue weighted by Crippen LogP contribution is -2.50. The summed E-state index contributed by atoms with van der Waals surface area (Å²) >= 11 is 7.16. The molecule has 2 heterocycles. The molecule has 4 rings (SSSR count). The van der Waals surface area contributed by atoms with Crippen LogP contribution in [0.15, 0.2) is 58.2 Å². The van der Waals surface area contributed by atoms with Gasteiger partial charge in [0, 0.05) is 43.3 Å². The fourth-order valence-electron chi connectivity index (χ4n) is 3.84. The summed E-state index contributed by atoms with van der Waals surface area (Å²) in [4.78, 5) is 26.5. The minimum atomic E-state index is -3.73. The van der Waals surface area contributed by atoms with Crippen molar-refractivity contribution in [1.82, 2.24) is 13.8 Å². The van der Waals surface area contributed by atoms with Gasteiger partial charge in [0.25, 0.3) is 0 Å². The number of amides is 1. The zero-order valence-electron chi connectivity index (χ0n) is 18.3. The lowest BCUT2D eigenvalue weighted by atomic mass is 10.2. The molecule has 0 N–H and O–H groups in total. The summed E-state index contributed by atoms with van der Waals surface area (Å²) in [5, 5.41) is 0.559. The summed E-state index contributed by atoms with van der Waals surface area (Å²) in [5.74, 6) is -0.187. The van der Waals surface area contributed by atoms with E-state index in [1.165, 1.54) is 10.4 Å². The van der Waals surface area contributed by atoms with E-state index >= 15 is 0 Å². The van der Waals surface area contributed by atoms with Gasteiger partial charge >= 0.3 is 4.87 Å². The fraction of sp³-hybridized carbons (Fsp3) is 0.304. The molecule has 1 aromatic heterocycles. The molecule has 174 valence electrons. The lowest BCUT2D eigenvalue weighted by molar-refractivity contribution is -0.127. The van der Waals surface area contributed by atoms with Crippen molar-refractivity contribution < 1.29 is 13.2 Å². The van der Waals surface area contributed by atoms with Gasteiger partial charge in [0.1, 0.15) is 0 Å². The number of fused-ring (bicyclic) bond motifs is 1. The van der Waals surface area contributed by atoms with Gasteiger partial charge in [-0.2, -0.15) is 4.31 Å². The highest BCUT2D eigenvalue weighted by atomic mass is 35.5. The molecule has 0 spiro atoms. The van der Waals surface area contributed by atoms with Crippen molar-refractivity contribution in [1.29, 1.82) is 0 Å². The topological polar surface area (TPSA) is 79.7 Å². The van der Waals surface area contributed by atoms with E-state index in [-0.39, 0.29) is 34.8 Å². The molecule has 0 aliphatic carbocycles. The number of halogens is 1. The third-order valence-electron chi connectivity index (χ3n) is 5.60.